The van der Waals surface area contributed by atoms with Crippen LogP contribution in [-0.2, 0) is 10.0 Å². The van der Waals surface area contributed by atoms with E-state index in [2.05, 4.69) is 15.0 Å². The van der Waals surface area contributed by atoms with Crippen molar-refractivity contribution in [3.63, 3.8) is 0 Å². The number of fused-ring (bicyclic) bond motifs is 1. The molecule has 0 aliphatic rings. The molecule has 29 heavy (non-hydrogen) atoms. The van der Waals surface area contributed by atoms with E-state index in [1.807, 2.05) is 34.3 Å². The molecule has 0 radical (unpaired) electrons. The van der Waals surface area contributed by atoms with E-state index in [1.54, 1.807) is 23.5 Å². The predicted molar refractivity (Wildman–Crippen MR) is 114 cm³/mol. The van der Waals surface area contributed by atoms with E-state index in [1.165, 1.54) is 25.2 Å². The van der Waals surface area contributed by atoms with Gasteiger partial charge in [0.05, 0.1) is 10.7 Å². The Morgan fingerprint density at radius 1 is 1.17 bits per heavy atom. The first-order valence-electron chi connectivity index (χ1n) is 8.44. The minimum atomic E-state index is -3.77. The second-order valence-electron chi connectivity index (χ2n) is 6.10. The molecule has 0 atom stereocenters. The van der Waals surface area contributed by atoms with Crippen molar-refractivity contribution >= 4 is 49.5 Å². The van der Waals surface area contributed by atoms with Gasteiger partial charge in [-0.3, -0.25) is 9.20 Å². The van der Waals surface area contributed by atoms with Gasteiger partial charge in [-0.1, -0.05) is 23.7 Å². The first-order valence-corrected chi connectivity index (χ1v) is 11.2. The van der Waals surface area contributed by atoms with Crippen LogP contribution < -0.4 is 10.0 Å². The SMILES string of the molecule is CNS(=O)(=O)c1cc(C(=O)Nc2ccc(-c3cn4ccsc4n3)cc2)ccc1Cl. The lowest BCUT2D eigenvalue weighted by Crippen LogP contribution is -2.20. The van der Waals surface area contributed by atoms with E-state index < -0.39 is 15.9 Å². The van der Waals surface area contributed by atoms with Crippen molar-refractivity contribution in [2.45, 2.75) is 4.90 Å². The predicted octanol–water partition coefficient (Wildman–Crippen LogP) is 3.88. The van der Waals surface area contributed by atoms with Crippen LogP contribution in [0.2, 0.25) is 5.02 Å². The average molecular weight is 447 g/mol. The van der Waals surface area contributed by atoms with Crippen molar-refractivity contribution in [1.82, 2.24) is 14.1 Å². The van der Waals surface area contributed by atoms with Crippen LogP contribution in [0.5, 0.6) is 0 Å². The van der Waals surface area contributed by atoms with Gasteiger partial charge in [0.1, 0.15) is 4.90 Å². The number of carbonyl (C=O) groups excluding carboxylic acids is 1. The summed E-state index contributed by atoms with van der Waals surface area (Å²) in [7, 11) is -2.49. The highest BCUT2D eigenvalue weighted by Crippen LogP contribution is 2.25. The standard InChI is InChI=1S/C19H15ClN4O3S2/c1-21-29(26,27)17-10-13(4-7-15(17)20)18(25)22-14-5-2-12(3-6-14)16-11-24-8-9-28-19(24)23-16/h2-11,21H,1H3,(H,22,25). The summed E-state index contributed by atoms with van der Waals surface area (Å²) >= 11 is 7.52. The third-order valence-electron chi connectivity index (χ3n) is 4.28. The van der Waals surface area contributed by atoms with Gasteiger partial charge >= 0.3 is 0 Å². The molecule has 2 heterocycles. The lowest BCUT2D eigenvalue weighted by Gasteiger charge is -2.09. The minimum Gasteiger partial charge on any atom is -0.322 e. The first kappa shape index (κ1) is 19.6. The Kier molecular flexibility index (Phi) is 5.13. The molecule has 0 saturated heterocycles. The van der Waals surface area contributed by atoms with Crippen LogP contribution in [0.3, 0.4) is 0 Å². The Balaban J connectivity index is 1.54. The van der Waals surface area contributed by atoms with Gasteiger partial charge < -0.3 is 5.32 Å². The number of rotatable bonds is 5. The number of amides is 1. The zero-order valence-corrected chi connectivity index (χ0v) is 17.5. The molecular weight excluding hydrogens is 432 g/mol. The Hall–Kier alpha value is -2.72. The van der Waals surface area contributed by atoms with Crippen LogP contribution in [0.1, 0.15) is 10.4 Å². The van der Waals surface area contributed by atoms with Crippen molar-refractivity contribution in [3.05, 3.63) is 70.8 Å². The van der Waals surface area contributed by atoms with Crippen LogP contribution in [0.15, 0.2) is 65.1 Å². The van der Waals surface area contributed by atoms with Crippen LogP contribution >= 0.6 is 22.9 Å². The molecule has 4 aromatic rings. The number of nitrogens with one attached hydrogen (secondary N) is 2. The number of halogens is 1. The summed E-state index contributed by atoms with van der Waals surface area (Å²) in [4.78, 5) is 17.9. The fraction of sp³-hybridized carbons (Fsp3) is 0.0526. The molecule has 2 N–H and O–H groups in total. The quantitative estimate of drug-likeness (QED) is 0.486. The lowest BCUT2D eigenvalue weighted by atomic mass is 10.1. The number of benzene rings is 2. The second kappa shape index (κ2) is 7.60. The van der Waals surface area contributed by atoms with E-state index in [0.29, 0.717) is 5.69 Å². The second-order valence-corrected chi connectivity index (χ2v) is 9.24. The fourth-order valence-corrected chi connectivity index (χ4v) is 4.70. The zero-order chi connectivity index (χ0) is 20.6. The molecule has 0 aliphatic carbocycles. The fourth-order valence-electron chi connectivity index (χ4n) is 2.75. The van der Waals surface area contributed by atoms with E-state index in [9.17, 15) is 13.2 Å². The van der Waals surface area contributed by atoms with Crippen LogP contribution in [0, 0.1) is 0 Å². The van der Waals surface area contributed by atoms with Crippen LogP contribution in [0.4, 0.5) is 5.69 Å². The van der Waals surface area contributed by atoms with Crippen molar-refractivity contribution in [3.8, 4) is 11.3 Å². The average Bonchev–Trinajstić information content (AvgIpc) is 3.31. The van der Waals surface area contributed by atoms with E-state index in [4.69, 9.17) is 11.6 Å². The number of carbonyl (C=O) groups is 1. The highest BCUT2D eigenvalue weighted by atomic mass is 35.5. The summed E-state index contributed by atoms with van der Waals surface area (Å²) < 4.78 is 28.2. The Labute approximate surface area is 176 Å². The minimum absolute atomic E-state index is 0.0419. The summed E-state index contributed by atoms with van der Waals surface area (Å²) in [5.74, 6) is -0.440. The number of hydrogen-bond acceptors (Lipinski definition) is 5. The maximum atomic E-state index is 12.5. The molecule has 0 spiro atoms. The number of hydrogen-bond donors (Lipinski definition) is 2. The van der Waals surface area contributed by atoms with Gasteiger partial charge in [0.25, 0.3) is 5.91 Å². The number of anilines is 1. The van der Waals surface area contributed by atoms with Gasteiger partial charge in [-0.25, -0.2) is 18.1 Å². The van der Waals surface area contributed by atoms with Gasteiger partial charge in [0.2, 0.25) is 10.0 Å². The molecule has 7 nitrogen and oxygen atoms in total. The van der Waals surface area contributed by atoms with E-state index in [-0.39, 0.29) is 15.5 Å². The maximum absolute atomic E-state index is 12.5. The van der Waals surface area contributed by atoms with Gasteiger partial charge in [-0.15, -0.1) is 11.3 Å². The topological polar surface area (TPSA) is 92.6 Å². The highest BCUT2D eigenvalue weighted by molar-refractivity contribution is 7.89. The molecule has 10 heteroatoms. The molecule has 1 amide bonds. The molecule has 0 bridgehead atoms. The Bertz CT molecular complexity index is 1280. The molecule has 0 aliphatic heterocycles. The maximum Gasteiger partial charge on any atom is 0.255 e. The number of thiazole rings is 1. The molecule has 148 valence electrons. The monoisotopic (exact) mass is 446 g/mol. The van der Waals surface area contributed by atoms with Crippen LogP contribution in [-0.4, -0.2) is 30.8 Å². The largest absolute Gasteiger partial charge is 0.322 e. The molecule has 0 unspecified atom stereocenters. The molecule has 2 aromatic carbocycles. The van der Waals surface area contributed by atoms with E-state index >= 15 is 0 Å². The third kappa shape index (κ3) is 3.90. The van der Waals surface area contributed by atoms with E-state index in [0.717, 1.165) is 16.2 Å². The summed E-state index contributed by atoms with van der Waals surface area (Å²) in [6.45, 7) is 0. The molecular formula is C19H15ClN4O3S2. The zero-order valence-electron chi connectivity index (χ0n) is 15.1. The van der Waals surface area contributed by atoms with Gasteiger partial charge in [-0.2, -0.15) is 0 Å². The van der Waals surface area contributed by atoms with Crippen molar-refractivity contribution in [2.24, 2.45) is 0 Å². The first-order chi connectivity index (χ1) is 13.9. The Morgan fingerprint density at radius 2 is 1.93 bits per heavy atom. The molecule has 2 aromatic heterocycles. The summed E-state index contributed by atoms with van der Waals surface area (Å²) in [5, 5.41) is 4.76. The lowest BCUT2D eigenvalue weighted by molar-refractivity contribution is 0.102. The highest BCUT2D eigenvalue weighted by Gasteiger charge is 2.18. The van der Waals surface area contributed by atoms with Crippen molar-refractivity contribution < 1.29 is 13.2 Å². The van der Waals surface area contributed by atoms with Gasteiger partial charge in [-0.05, 0) is 37.4 Å². The summed E-state index contributed by atoms with van der Waals surface area (Å²) in [5.41, 5.74) is 2.52. The molecule has 0 fully saturated rings. The van der Waals surface area contributed by atoms with Crippen LogP contribution in [0.25, 0.3) is 16.2 Å². The molecule has 0 saturated carbocycles. The normalized spacial score (nSPS) is 11.7. The van der Waals surface area contributed by atoms with Gasteiger partial charge in [0.15, 0.2) is 4.96 Å². The number of aromatic nitrogens is 2. The third-order valence-corrected chi connectivity index (χ3v) is 6.95. The van der Waals surface area contributed by atoms with Gasteiger partial charge in [0, 0.05) is 34.6 Å². The summed E-state index contributed by atoms with van der Waals surface area (Å²) in [6.07, 6.45) is 3.89. The summed E-state index contributed by atoms with van der Waals surface area (Å²) in [6, 6.07) is 11.4. The smallest absolute Gasteiger partial charge is 0.255 e. The Morgan fingerprint density at radius 3 is 2.62 bits per heavy atom. The van der Waals surface area contributed by atoms with Crippen molar-refractivity contribution in [2.75, 3.05) is 12.4 Å². The number of sulfonamides is 1. The molecule has 4 rings (SSSR count). The van der Waals surface area contributed by atoms with Crippen molar-refractivity contribution in [1.29, 1.82) is 0 Å². The number of imidazole rings is 1. The number of nitrogens with zero attached hydrogens (tertiary/aromatic N) is 2.